The maximum Gasteiger partial charge on any atom is 0.264 e. The molecule has 1 unspecified atom stereocenters. The van der Waals surface area contributed by atoms with Crippen LogP contribution in [-0.2, 0) is 0 Å². The fourth-order valence-corrected chi connectivity index (χ4v) is 0.623. The fourth-order valence-electron chi connectivity index (χ4n) is 0.513. The van der Waals surface area contributed by atoms with Crippen molar-refractivity contribution in [2.45, 2.75) is 13.3 Å². The van der Waals surface area contributed by atoms with Gasteiger partial charge in [0.25, 0.3) is 6.42 Å². The highest BCUT2D eigenvalue weighted by atomic mass is 35.5. The molecule has 0 saturated carbocycles. The van der Waals surface area contributed by atoms with E-state index in [0.717, 1.165) is 0 Å². The summed E-state index contributed by atoms with van der Waals surface area (Å²) in [4.78, 5) is 3.37. The third-order valence-electron chi connectivity index (χ3n) is 1.01. The Morgan fingerprint density at radius 2 is 2.56 bits per heavy atom. The van der Waals surface area contributed by atoms with Crippen LogP contribution in [0, 0.1) is 0 Å². The fraction of sp³-hybridized carbons (Fsp3) is 0.400. The van der Waals surface area contributed by atoms with Crippen LogP contribution < -0.4 is 5.32 Å². The minimum Gasteiger partial charge on any atom is -0.340 e. The van der Waals surface area contributed by atoms with Crippen LogP contribution in [-0.4, -0.2) is 12.6 Å². The van der Waals surface area contributed by atoms with Crippen molar-refractivity contribution in [3.63, 3.8) is 0 Å². The van der Waals surface area contributed by atoms with Gasteiger partial charge in [-0.2, -0.15) is 4.39 Å². The van der Waals surface area contributed by atoms with Crippen LogP contribution in [0.5, 0.6) is 0 Å². The van der Waals surface area contributed by atoms with E-state index in [1.54, 1.807) is 6.92 Å². The summed E-state index contributed by atoms with van der Waals surface area (Å²) in [5.41, 5.74) is 0.624. The van der Waals surface area contributed by atoms with Crippen LogP contribution in [0.4, 0.5) is 4.39 Å². The number of allylic oxidation sites excluding steroid dienone is 2. The predicted molar refractivity (Wildman–Crippen MR) is 35.1 cm³/mol. The number of hydrogen-bond acceptors (Lipinski definition) is 2. The van der Waals surface area contributed by atoms with Gasteiger partial charge >= 0.3 is 0 Å². The van der Waals surface area contributed by atoms with E-state index in [4.69, 9.17) is 11.6 Å². The summed E-state index contributed by atoms with van der Waals surface area (Å²) in [5, 5.41) is 2.87. The molecule has 50 valence electrons. The molecule has 0 radical (unpaired) electrons. The molecule has 0 aliphatic carbocycles. The Morgan fingerprint density at radius 1 is 1.89 bits per heavy atom. The molecule has 4 heteroatoms. The monoisotopic (exact) mass is 148 g/mol. The molecule has 1 N–H and O–H groups in total. The van der Waals surface area contributed by atoms with E-state index < -0.39 is 6.42 Å². The molecule has 0 saturated heterocycles. The molecule has 9 heavy (non-hydrogen) atoms. The number of rotatable bonds is 0. The zero-order chi connectivity index (χ0) is 6.85. The molecule has 0 aromatic rings. The van der Waals surface area contributed by atoms with E-state index in [0.29, 0.717) is 10.7 Å². The Labute approximate surface area is 57.4 Å². The van der Waals surface area contributed by atoms with Crippen LogP contribution in [0.3, 0.4) is 0 Å². The summed E-state index contributed by atoms with van der Waals surface area (Å²) in [6.45, 7) is 1.69. The van der Waals surface area contributed by atoms with Gasteiger partial charge < -0.3 is 5.32 Å². The second-order valence-corrected chi connectivity index (χ2v) is 2.14. The van der Waals surface area contributed by atoms with E-state index in [1.807, 2.05) is 0 Å². The lowest BCUT2D eigenvalue weighted by Crippen LogP contribution is -2.24. The van der Waals surface area contributed by atoms with Gasteiger partial charge in [-0.3, -0.25) is 0 Å². The summed E-state index contributed by atoms with van der Waals surface area (Å²) in [6.07, 6.45) is -0.0228. The molecule has 1 aliphatic heterocycles. The Hall–Kier alpha value is -0.570. The molecule has 0 amide bonds. The molecule has 1 rings (SSSR count). The number of hydrogen-bond donors (Lipinski definition) is 1. The molecule has 0 aromatic carbocycles. The maximum absolute atomic E-state index is 12.2. The summed E-state index contributed by atoms with van der Waals surface area (Å²) >= 11 is 5.53. The normalized spacial score (nSPS) is 26.3. The van der Waals surface area contributed by atoms with E-state index in [-0.39, 0.29) is 0 Å². The standard InChI is InChI=1S/C5H6ClFN2/c1-3-4(6)2-8-5(7)9-3/h2,5,9H,1H3. The van der Waals surface area contributed by atoms with Gasteiger partial charge in [-0.25, -0.2) is 4.99 Å². The molecule has 0 bridgehead atoms. The average molecular weight is 149 g/mol. The van der Waals surface area contributed by atoms with Gasteiger partial charge in [-0.05, 0) is 6.92 Å². The highest BCUT2D eigenvalue weighted by Crippen LogP contribution is 2.09. The van der Waals surface area contributed by atoms with Gasteiger partial charge in [0, 0.05) is 11.9 Å². The highest BCUT2D eigenvalue weighted by Gasteiger charge is 2.08. The van der Waals surface area contributed by atoms with Crippen molar-refractivity contribution < 1.29 is 4.39 Å². The van der Waals surface area contributed by atoms with Gasteiger partial charge in [0.2, 0.25) is 0 Å². The molecule has 0 aromatic heterocycles. The van der Waals surface area contributed by atoms with Gasteiger partial charge in [0.05, 0.1) is 5.03 Å². The van der Waals surface area contributed by atoms with Crippen molar-refractivity contribution >= 4 is 17.8 Å². The number of nitrogens with one attached hydrogen (secondary N) is 1. The number of aliphatic imine (C=N–C) groups is 1. The highest BCUT2D eigenvalue weighted by molar-refractivity contribution is 6.39. The quantitative estimate of drug-likeness (QED) is 0.516. The van der Waals surface area contributed by atoms with Crippen LogP contribution in [0.25, 0.3) is 0 Å². The molecular formula is C5H6ClFN2. The first kappa shape index (κ1) is 6.55. The van der Waals surface area contributed by atoms with Crippen molar-refractivity contribution in [3.8, 4) is 0 Å². The molecular weight excluding hydrogens is 143 g/mol. The minimum atomic E-state index is -1.33. The van der Waals surface area contributed by atoms with Crippen molar-refractivity contribution in [3.05, 3.63) is 10.7 Å². The van der Waals surface area contributed by atoms with Crippen LogP contribution in [0.15, 0.2) is 15.7 Å². The molecule has 0 spiro atoms. The van der Waals surface area contributed by atoms with Crippen molar-refractivity contribution in [1.82, 2.24) is 5.32 Å². The third kappa shape index (κ3) is 1.42. The minimum absolute atomic E-state index is 0.462. The second kappa shape index (κ2) is 2.35. The van der Waals surface area contributed by atoms with Crippen molar-refractivity contribution in [1.29, 1.82) is 0 Å². The molecule has 0 fully saturated rings. The number of alkyl halides is 1. The Balaban J connectivity index is 2.75. The van der Waals surface area contributed by atoms with Crippen LogP contribution in [0.1, 0.15) is 6.92 Å². The summed E-state index contributed by atoms with van der Waals surface area (Å²) < 4.78 is 12.2. The topological polar surface area (TPSA) is 24.4 Å². The largest absolute Gasteiger partial charge is 0.340 e. The first-order valence-corrected chi connectivity index (χ1v) is 2.88. The Bertz CT molecular complexity index is 176. The van der Waals surface area contributed by atoms with Gasteiger partial charge in [0.1, 0.15) is 0 Å². The second-order valence-electron chi connectivity index (χ2n) is 1.73. The summed E-state index contributed by atoms with van der Waals surface area (Å²) in [6, 6.07) is 0. The third-order valence-corrected chi connectivity index (χ3v) is 1.39. The smallest absolute Gasteiger partial charge is 0.264 e. The molecule has 1 aliphatic rings. The van der Waals surface area contributed by atoms with Gasteiger partial charge in [-0.1, -0.05) is 11.6 Å². The van der Waals surface area contributed by atoms with E-state index in [1.165, 1.54) is 6.21 Å². The number of halogens is 2. The van der Waals surface area contributed by atoms with Crippen molar-refractivity contribution in [2.75, 3.05) is 0 Å². The first-order valence-electron chi connectivity index (χ1n) is 2.50. The predicted octanol–water partition coefficient (Wildman–Crippen LogP) is 1.38. The zero-order valence-corrected chi connectivity index (χ0v) is 5.61. The average Bonchev–Trinajstić information content (AvgIpc) is 1.80. The van der Waals surface area contributed by atoms with Gasteiger partial charge in [-0.15, -0.1) is 0 Å². The lowest BCUT2D eigenvalue weighted by atomic mass is 10.4. The SMILES string of the molecule is CC1=C(Cl)C=NC(F)N1. The lowest BCUT2D eigenvalue weighted by Gasteiger charge is -2.12. The van der Waals surface area contributed by atoms with Crippen molar-refractivity contribution in [2.24, 2.45) is 4.99 Å². The summed E-state index contributed by atoms with van der Waals surface area (Å²) in [7, 11) is 0. The summed E-state index contributed by atoms with van der Waals surface area (Å²) in [5.74, 6) is 0. The van der Waals surface area contributed by atoms with E-state index >= 15 is 0 Å². The maximum atomic E-state index is 12.2. The van der Waals surface area contributed by atoms with Crippen LogP contribution in [0.2, 0.25) is 0 Å². The molecule has 1 atom stereocenters. The van der Waals surface area contributed by atoms with E-state index in [9.17, 15) is 4.39 Å². The number of nitrogens with zero attached hydrogens (tertiary/aromatic N) is 1. The molecule has 2 nitrogen and oxygen atoms in total. The zero-order valence-electron chi connectivity index (χ0n) is 4.86. The molecule has 1 heterocycles. The van der Waals surface area contributed by atoms with E-state index in [2.05, 4.69) is 10.3 Å². The van der Waals surface area contributed by atoms with Gasteiger partial charge in [0.15, 0.2) is 0 Å². The first-order chi connectivity index (χ1) is 4.20. The van der Waals surface area contributed by atoms with Crippen LogP contribution >= 0.6 is 11.6 Å². The Kier molecular flexibility index (Phi) is 1.71. The lowest BCUT2D eigenvalue weighted by molar-refractivity contribution is 0.305. The Morgan fingerprint density at radius 3 is 3.00 bits per heavy atom.